The minimum atomic E-state index is -3.36. The van der Waals surface area contributed by atoms with E-state index in [0.29, 0.717) is 0 Å². The van der Waals surface area contributed by atoms with Gasteiger partial charge in [-0.1, -0.05) is 0 Å². The van der Waals surface area contributed by atoms with Crippen LogP contribution in [0.5, 0.6) is 0 Å². The SMILES string of the molecule is CCOP(=O)(OCC)[C@@H](C)C(=O)OC. The van der Waals surface area contributed by atoms with Crippen molar-refractivity contribution in [2.24, 2.45) is 0 Å². The summed E-state index contributed by atoms with van der Waals surface area (Å²) < 4.78 is 26.4. The normalized spacial score (nSPS) is 13.7. The first kappa shape index (κ1) is 13.6. The molecule has 14 heavy (non-hydrogen) atoms. The van der Waals surface area contributed by atoms with Crippen molar-refractivity contribution in [2.75, 3.05) is 20.3 Å². The van der Waals surface area contributed by atoms with Crippen LogP contribution in [0.1, 0.15) is 20.8 Å². The molecule has 0 amide bonds. The van der Waals surface area contributed by atoms with Gasteiger partial charge in [0.1, 0.15) is 0 Å². The molecule has 0 unspecified atom stereocenters. The summed E-state index contributed by atoms with van der Waals surface area (Å²) in [6.07, 6.45) is 0. The van der Waals surface area contributed by atoms with E-state index in [2.05, 4.69) is 4.74 Å². The fraction of sp³-hybridized carbons (Fsp3) is 0.875. The van der Waals surface area contributed by atoms with Gasteiger partial charge < -0.3 is 13.8 Å². The van der Waals surface area contributed by atoms with Crippen molar-refractivity contribution >= 4 is 13.6 Å². The van der Waals surface area contributed by atoms with Crippen LogP contribution in [-0.2, 0) is 23.1 Å². The Balaban J connectivity index is 4.63. The molecule has 6 heteroatoms. The number of methoxy groups -OCH3 is 1. The molecule has 0 heterocycles. The van der Waals surface area contributed by atoms with Gasteiger partial charge in [-0.2, -0.15) is 0 Å². The third kappa shape index (κ3) is 3.40. The molecule has 84 valence electrons. The highest BCUT2D eigenvalue weighted by Gasteiger charge is 2.38. The minimum Gasteiger partial charge on any atom is -0.468 e. The van der Waals surface area contributed by atoms with Gasteiger partial charge in [0.2, 0.25) is 0 Å². The predicted molar refractivity (Wildman–Crippen MR) is 52.3 cm³/mol. The summed E-state index contributed by atoms with van der Waals surface area (Å²) in [5.74, 6) is -0.588. The summed E-state index contributed by atoms with van der Waals surface area (Å²) in [5, 5.41) is 0. The second-order valence-corrected chi connectivity index (χ2v) is 4.95. The molecule has 0 fully saturated rings. The zero-order chi connectivity index (χ0) is 11.2. The van der Waals surface area contributed by atoms with Crippen LogP contribution in [0.15, 0.2) is 0 Å². The van der Waals surface area contributed by atoms with Crippen LogP contribution in [0, 0.1) is 0 Å². The summed E-state index contributed by atoms with van der Waals surface area (Å²) in [6.45, 7) is 5.32. The highest BCUT2D eigenvalue weighted by atomic mass is 31.2. The Morgan fingerprint density at radius 2 is 1.71 bits per heavy atom. The van der Waals surface area contributed by atoms with E-state index < -0.39 is 19.2 Å². The summed E-state index contributed by atoms with van der Waals surface area (Å²) in [5.41, 5.74) is -0.882. The van der Waals surface area contributed by atoms with E-state index in [9.17, 15) is 9.36 Å². The van der Waals surface area contributed by atoms with E-state index in [1.54, 1.807) is 13.8 Å². The molecule has 5 nitrogen and oxygen atoms in total. The smallest absolute Gasteiger partial charge is 0.344 e. The standard InChI is InChI=1S/C8H17O5P/c1-5-12-14(10,13-6-2)7(3)8(9)11-4/h7H,5-6H2,1-4H3/t7-/m0/s1. The molecule has 1 atom stereocenters. The third-order valence-electron chi connectivity index (χ3n) is 1.63. The second kappa shape index (κ2) is 6.17. The quantitative estimate of drug-likeness (QED) is 0.508. The molecule has 0 saturated carbocycles. The van der Waals surface area contributed by atoms with E-state index in [1.165, 1.54) is 14.0 Å². The average molecular weight is 224 g/mol. The number of ether oxygens (including phenoxy) is 1. The van der Waals surface area contributed by atoms with Crippen molar-refractivity contribution < 1.29 is 23.1 Å². The van der Waals surface area contributed by atoms with Gasteiger partial charge in [-0.15, -0.1) is 0 Å². The topological polar surface area (TPSA) is 61.8 Å². The maximum Gasteiger partial charge on any atom is 0.344 e. The zero-order valence-electron chi connectivity index (χ0n) is 8.98. The van der Waals surface area contributed by atoms with Crippen LogP contribution in [-0.4, -0.2) is 32.0 Å². The highest BCUT2D eigenvalue weighted by Crippen LogP contribution is 2.53. The lowest BCUT2D eigenvalue weighted by atomic mass is 10.5. The van der Waals surface area contributed by atoms with Gasteiger partial charge in [0.05, 0.1) is 20.3 Å². The summed E-state index contributed by atoms with van der Waals surface area (Å²) in [7, 11) is -2.12. The molecule has 0 aliphatic carbocycles. The van der Waals surface area contributed by atoms with Crippen molar-refractivity contribution in [1.82, 2.24) is 0 Å². The molecule has 0 N–H and O–H groups in total. The first-order chi connectivity index (χ1) is 6.51. The maximum absolute atomic E-state index is 12.0. The van der Waals surface area contributed by atoms with Gasteiger partial charge >= 0.3 is 13.6 Å². The van der Waals surface area contributed by atoms with Crippen molar-refractivity contribution in [1.29, 1.82) is 0 Å². The van der Waals surface area contributed by atoms with Crippen LogP contribution in [0.2, 0.25) is 0 Å². The second-order valence-electron chi connectivity index (χ2n) is 2.57. The Hall–Kier alpha value is -0.380. The van der Waals surface area contributed by atoms with Gasteiger partial charge in [0, 0.05) is 0 Å². The first-order valence-corrected chi connectivity index (χ1v) is 6.09. The number of rotatable bonds is 6. The molecule has 0 aliphatic heterocycles. The van der Waals surface area contributed by atoms with Crippen LogP contribution in [0.3, 0.4) is 0 Å². The molecule has 0 aromatic rings. The highest BCUT2D eigenvalue weighted by molar-refractivity contribution is 7.55. The maximum atomic E-state index is 12.0. The zero-order valence-corrected chi connectivity index (χ0v) is 9.87. The van der Waals surface area contributed by atoms with Crippen LogP contribution < -0.4 is 0 Å². The molecule has 0 radical (unpaired) electrons. The van der Waals surface area contributed by atoms with E-state index >= 15 is 0 Å². The summed E-state index contributed by atoms with van der Waals surface area (Å²) in [6, 6.07) is 0. The summed E-state index contributed by atoms with van der Waals surface area (Å²) >= 11 is 0. The minimum absolute atomic E-state index is 0.235. The van der Waals surface area contributed by atoms with E-state index in [4.69, 9.17) is 9.05 Å². The molecular formula is C8H17O5P. The molecule has 0 aromatic heterocycles. The number of carbonyl (C=O) groups excluding carboxylic acids is 1. The number of esters is 1. The third-order valence-corrected chi connectivity index (χ3v) is 4.03. The Bertz CT molecular complexity index is 218. The van der Waals surface area contributed by atoms with Crippen LogP contribution in [0.4, 0.5) is 0 Å². The monoisotopic (exact) mass is 224 g/mol. The van der Waals surface area contributed by atoms with Crippen molar-refractivity contribution in [2.45, 2.75) is 26.4 Å². The van der Waals surface area contributed by atoms with E-state index in [-0.39, 0.29) is 13.2 Å². The van der Waals surface area contributed by atoms with Gasteiger partial charge in [-0.05, 0) is 20.8 Å². The molecule has 0 saturated heterocycles. The lowest BCUT2D eigenvalue weighted by Gasteiger charge is -2.21. The number of hydrogen-bond acceptors (Lipinski definition) is 5. The number of carbonyl (C=O) groups is 1. The van der Waals surface area contributed by atoms with E-state index in [1.807, 2.05) is 0 Å². The van der Waals surface area contributed by atoms with Crippen LogP contribution >= 0.6 is 7.60 Å². The molecule has 0 spiro atoms. The van der Waals surface area contributed by atoms with Gasteiger partial charge in [0.15, 0.2) is 5.66 Å². The van der Waals surface area contributed by atoms with Gasteiger partial charge in [0.25, 0.3) is 0 Å². The average Bonchev–Trinajstić information content (AvgIpc) is 2.16. The number of hydrogen-bond donors (Lipinski definition) is 0. The van der Waals surface area contributed by atoms with Crippen molar-refractivity contribution in [3.05, 3.63) is 0 Å². The molecule has 0 bridgehead atoms. The van der Waals surface area contributed by atoms with Gasteiger partial charge in [-0.25, -0.2) is 0 Å². The Labute approximate surface area is 84.3 Å². The predicted octanol–water partition coefficient (Wildman–Crippen LogP) is 1.81. The Kier molecular flexibility index (Phi) is 6.00. The first-order valence-electron chi connectivity index (χ1n) is 4.48. The van der Waals surface area contributed by atoms with Crippen LogP contribution in [0.25, 0.3) is 0 Å². The molecule has 0 aliphatic rings. The molecule has 0 aromatic carbocycles. The fourth-order valence-electron chi connectivity index (χ4n) is 0.920. The largest absolute Gasteiger partial charge is 0.468 e. The fourth-order valence-corrected chi connectivity index (χ4v) is 2.53. The lowest BCUT2D eigenvalue weighted by Crippen LogP contribution is -2.21. The Morgan fingerprint density at radius 3 is 2.00 bits per heavy atom. The summed E-state index contributed by atoms with van der Waals surface area (Å²) in [4.78, 5) is 11.2. The lowest BCUT2D eigenvalue weighted by molar-refractivity contribution is -0.140. The Morgan fingerprint density at radius 1 is 1.29 bits per heavy atom. The van der Waals surface area contributed by atoms with Gasteiger partial charge in [-0.3, -0.25) is 9.36 Å². The van der Waals surface area contributed by atoms with Crippen molar-refractivity contribution in [3.8, 4) is 0 Å². The molecule has 0 rings (SSSR count). The van der Waals surface area contributed by atoms with E-state index in [0.717, 1.165) is 0 Å². The van der Waals surface area contributed by atoms with Crippen molar-refractivity contribution in [3.63, 3.8) is 0 Å². The molecular weight excluding hydrogens is 207 g/mol.